The zero-order valence-electron chi connectivity index (χ0n) is 21.4. The van der Waals surface area contributed by atoms with Gasteiger partial charge in [-0.15, -0.1) is 0 Å². The van der Waals surface area contributed by atoms with Crippen LogP contribution < -0.4 is 0 Å². The number of ketones is 1. The molecule has 5 aliphatic heterocycles. The van der Waals surface area contributed by atoms with Gasteiger partial charge in [-0.3, -0.25) is 9.59 Å². The van der Waals surface area contributed by atoms with Crippen LogP contribution in [0.2, 0.25) is 0 Å². The minimum absolute atomic E-state index is 0.0195. The van der Waals surface area contributed by atoms with Gasteiger partial charge in [-0.2, -0.15) is 0 Å². The van der Waals surface area contributed by atoms with E-state index in [4.69, 9.17) is 18.9 Å². The molecule has 9 aliphatic rings. The van der Waals surface area contributed by atoms with Crippen molar-refractivity contribution in [1.82, 2.24) is 0 Å². The minimum Gasteiger partial charge on any atom is -0.461 e. The van der Waals surface area contributed by atoms with Gasteiger partial charge in [-0.25, -0.2) is 0 Å². The second-order valence-electron chi connectivity index (χ2n) is 14.0. The third-order valence-corrected chi connectivity index (χ3v) is 12.7. The predicted molar refractivity (Wildman–Crippen MR) is 123 cm³/mol. The summed E-state index contributed by atoms with van der Waals surface area (Å²) in [6.45, 7) is 7.44. The lowest BCUT2D eigenvalue weighted by atomic mass is 9.44. The summed E-state index contributed by atoms with van der Waals surface area (Å²) in [6, 6.07) is 0. The van der Waals surface area contributed by atoms with Gasteiger partial charge in [0.05, 0.1) is 34.1 Å². The van der Waals surface area contributed by atoms with Crippen LogP contribution in [0.15, 0.2) is 12.2 Å². The first-order valence-electron chi connectivity index (χ1n) is 13.7. The molecule has 8 heteroatoms. The first-order chi connectivity index (χ1) is 16.8. The summed E-state index contributed by atoms with van der Waals surface area (Å²) in [5.41, 5.74) is -5.41. The molecular weight excluding hydrogens is 464 g/mol. The molecule has 4 bridgehead atoms. The number of rotatable bonds is 1. The van der Waals surface area contributed by atoms with Gasteiger partial charge in [0.2, 0.25) is 0 Å². The van der Waals surface area contributed by atoms with E-state index in [0.717, 1.165) is 0 Å². The first kappa shape index (κ1) is 22.6. The Hall–Kier alpha value is -1.32. The molecule has 0 radical (unpaired) electrons. The summed E-state index contributed by atoms with van der Waals surface area (Å²) in [5.74, 6) is -1.74. The van der Waals surface area contributed by atoms with Gasteiger partial charge in [-0.1, -0.05) is 6.08 Å². The smallest absolute Gasteiger partial charge is 0.315 e. The van der Waals surface area contributed by atoms with Crippen LogP contribution in [-0.4, -0.2) is 68.5 Å². The number of carbonyl (C=O) groups is 2. The molecule has 0 aromatic carbocycles. The van der Waals surface area contributed by atoms with Crippen LogP contribution in [0.3, 0.4) is 0 Å². The minimum atomic E-state index is -1.17. The molecule has 8 nitrogen and oxygen atoms in total. The van der Waals surface area contributed by atoms with Crippen LogP contribution in [0, 0.1) is 28.6 Å². The largest absolute Gasteiger partial charge is 0.461 e. The topological polar surface area (TPSA) is 115 Å². The number of allylic oxidation sites excluding steroid dienone is 1. The Labute approximate surface area is 210 Å². The normalized spacial score (nSPS) is 65.9. The molecule has 5 heterocycles. The molecule has 3 saturated carbocycles. The third kappa shape index (κ3) is 2.08. The van der Waals surface area contributed by atoms with E-state index in [0.29, 0.717) is 44.9 Å². The second kappa shape index (κ2) is 5.96. The number of hydrogen-bond donors (Lipinski definition) is 2. The van der Waals surface area contributed by atoms with Gasteiger partial charge >= 0.3 is 5.97 Å². The fraction of sp³-hybridized carbons (Fsp3) is 0.857. The van der Waals surface area contributed by atoms with E-state index in [1.165, 1.54) is 0 Å². The molecule has 4 aliphatic carbocycles. The Morgan fingerprint density at radius 2 is 1.69 bits per heavy atom. The molecule has 2 N–H and O–H groups in total. The number of ether oxygens (including phenoxy) is 4. The molecule has 0 aromatic heterocycles. The van der Waals surface area contributed by atoms with Crippen molar-refractivity contribution < 1.29 is 38.7 Å². The molecule has 2 spiro atoms. The Balaban J connectivity index is 1.26. The average Bonchev–Trinajstić information content (AvgIpc) is 3.45. The Morgan fingerprint density at radius 1 is 0.917 bits per heavy atom. The van der Waals surface area contributed by atoms with Crippen LogP contribution in [0.1, 0.15) is 72.6 Å². The maximum absolute atomic E-state index is 13.5. The van der Waals surface area contributed by atoms with Crippen LogP contribution in [0.5, 0.6) is 0 Å². The van der Waals surface area contributed by atoms with Crippen molar-refractivity contribution in [3.63, 3.8) is 0 Å². The van der Waals surface area contributed by atoms with Crippen molar-refractivity contribution in [2.45, 2.75) is 119 Å². The molecule has 13 atom stereocenters. The summed E-state index contributed by atoms with van der Waals surface area (Å²) < 4.78 is 26.5. The lowest BCUT2D eigenvalue weighted by molar-refractivity contribution is -0.418. The molecular formula is C28H36O8. The highest BCUT2D eigenvalue weighted by Gasteiger charge is 2.86. The third-order valence-electron chi connectivity index (χ3n) is 12.7. The van der Waals surface area contributed by atoms with E-state index in [2.05, 4.69) is 6.92 Å². The molecule has 36 heavy (non-hydrogen) atoms. The number of hydrogen-bond acceptors (Lipinski definition) is 8. The SMILES string of the molecule is C[C@]1(O)CC[C@H]2C3C(O[C@]4([C@@H]5C[C@@]6(C)C(=O)O[C@@H]5C[C@@]6(C)O)CC[C@@]31O4)[C@H]1O[C@]13CC=CC(=O)[C@]23C. The summed E-state index contributed by atoms with van der Waals surface area (Å²) in [7, 11) is 0. The highest BCUT2D eigenvalue weighted by Crippen LogP contribution is 2.76. The Kier molecular flexibility index (Phi) is 3.75. The van der Waals surface area contributed by atoms with Gasteiger partial charge in [0, 0.05) is 18.8 Å². The quantitative estimate of drug-likeness (QED) is 0.416. The van der Waals surface area contributed by atoms with E-state index < -0.39 is 45.1 Å². The van der Waals surface area contributed by atoms with E-state index in [9.17, 15) is 19.8 Å². The fourth-order valence-electron chi connectivity index (χ4n) is 10.2. The first-order valence-corrected chi connectivity index (χ1v) is 13.7. The van der Waals surface area contributed by atoms with Crippen LogP contribution in [-0.2, 0) is 28.5 Å². The van der Waals surface area contributed by atoms with E-state index in [1.807, 2.05) is 13.0 Å². The molecule has 0 aromatic rings. The summed E-state index contributed by atoms with van der Waals surface area (Å²) in [6.07, 6.45) is 6.44. The second-order valence-corrected chi connectivity index (χ2v) is 14.0. The van der Waals surface area contributed by atoms with E-state index in [-0.39, 0.29) is 41.7 Å². The lowest BCUT2D eigenvalue weighted by Crippen LogP contribution is -2.77. The number of fused-ring (bicyclic) bond motifs is 7. The standard InChI is InChI=1S/C28H36O8/c1-22-12-15(16(33-21(22)30)13-24(22,3)32)28-11-10-26(36-28)18-14(7-9-23(26,2)31)25(4)17(29)6-5-8-27(25)20(35-27)19(18)34-28/h5-6,14-16,18-20,31-32H,7-13H2,1-4H3/t14-,15+,16+,18?,19?,20+,22-,23-,24+,25-,26+,27+,28+/m0/s1. The van der Waals surface area contributed by atoms with Gasteiger partial charge in [0.15, 0.2) is 11.6 Å². The van der Waals surface area contributed by atoms with Crippen LogP contribution in [0.4, 0.5) is 0 Å². The van der Waals surface area contributed by atoms with Crippen LogP contribution >= 0.6 is 0 Å². The van der Waals surface area contributed by atoms with E-state index in [1.54, 1.807) is 19.9 Å². The summed E-state index contributed by atoms with van der Waals surface area (Å²) in [4.78, 5) is 26.3. The molecule has 2 unspecified atom stereocenters. The Morgan fingerprint density at radius 3 is 2.44 bits per heavy atom. The Bertz CT molecular complexity index is 1140. The van der Waals surface area contributed by atoms with Gasteiger partial charge in [0.25, 0.3) is 0 Å². The van der Waals surface area contributed by atoms with Crippen molar-refractivity contribution in [1.29, 1.82) is 0 Å². The van der Waals surface area contributed by atoms with Crippen molar-refractivity contribution in [3.05, 3.63) is 12.2 Å². The molecule has 9 rings (SSSR count). The van der Waals surface area contributed by atoms with Gasteiger partial charge in [-0.05, 0) is 71.8 Å². The number of aliphatic hydroxyl groups is 2. The molecule has 196 valence electrons. The average molecular weight is 501 g/mol. The number of esters is 1. The van der Waals surface area contributed by atoms with Crippen molar-refractivity contribution in [2.24, 2.45) is 28.6 Å². The predicted octanol–water partition coefficient (Wildman–Crippen LogP) is 2.19. The highest BCUT2D eigenvalue weighted by molar-refractivity contribution is 5.98. The van der Waals surface area contributed by atoms with Gasteiger partial charge in [0.1, 0.15) is 23.4 Å². The molecule has 8 fully saturated rings. The maximum atomic E-state index is 13.5. The molecule has 5 saturated heterocycles. The highest BCUT2D eigenvalue weighted by atomic mass is 16.8. The summed E-state index contributed by atoms with van der Waals surface area (Å²) in [5, 5.41) is 23.1. The van der Waals surface area contributed by atoms with Crippen molar-refractivity contribution >= 4 is 11.8 Å². The van der Waals surface area contributed by atoms with Crippen LogP contribution in [0.25, 0.3) is 0 Å². The van der Waals surface area contributed by atoms with Crippen molar-refractivity contribution in [3.8, 4) is 0 Å². The lowest BCUT2D eigenvalue weighted by Gasteiger charge is -2.66. The number of epoxide rings is 1. The fourth-order valence-corrected chi connectivity index (χ4v) is 10.2. The zero-order chi connectivity index (χ0) is 25.3. The molecule has 0 amide bonds. The zero-order valence-corrected chi connectivity index (χ0v) is 21.4. The monoisotopic (exact) mass is 500 g/mol. The maximum Gasteiger partial charge on any atom is 0.315 e. The van der Waals surface area contributed by atoms with E-state index >= 15 is 0 Å². The number of carbonyl (C=O) groups excluding carboxylic acids is 2. The van der Waals surface area contributed by atoms with Gasteiger partial charge < -0.3 is 29.2 Å². The summed E-state index contributed by atoms with van der Waals surface area (Å²) >= 11 is 0. The van der Waals surface area contributed by atoms with Crippen molar-refractivity contribution in [2.75, 3.05) is 0 Å².